The lowest BCUT2D eigenvalue weighted by molar-refractivity contribution is -0.136. The van der Waals surface area contributed by atoms with Crippen LogP contribution in [-0.2, 0) is 9.59 Å². The van der Waals surface area contributed by atoms with Crippen LogP contribution in [0.2, 0.25) is 0 Å². The zero-order valence-corrected chi connectivity index (χ0v) is 14.8. The van der Waals surface area contributed by atoms with Crippen molar-refractivity contribution in [2.75, 3.05) is 13.1 Å². The number of rotatable bonds is 2. The zero-order valence-electron chi connectivity index (χ0n) is 14.8. The summed E-state index contributed by atoms with van der Waals surface area (Å²) in [5.74, 6) is -5.03. The minimum atomic E-state index is -1.21. The highest BCUT2D eigenvalue weighted by atomic mass is 19.1. The van der Waals surface area contributed by atoms with Crippen LogP contribution in [0.5, 0.6) is 0 Å². The van der Waals surface area contributed by atoms with Gasteiger partial charge in [-0.25, -0.2) is 8.78 Å². The molecule has 4 aliphatic rings. The molecule has 3 heterocycles. The Bertz CT molecular complexity index is 949. The van der Waals surface area contributed by atoms with Gasteiger partial charge in [-0.1, -0.05) is 0 Å². The van der Waals surface area contributed by atoms with Crippen LogP contribution in [0.1, 0.15) is 51.5 Å². The van der Waals surface area contributed by atoms with Crippen molar-refractivity contribution in [1.29, 1.82) is 0 Å². The standard InChI is InChI=1S/C19H17F2N3O4/c20-9-4-10(21)15-16(14(9)13-7-3-8(13)6-22-5-7)19(28)24(18(15)27)11-1-2-12(25)23-17(11)26/h4,7-8,11,13,22H,1-3,5-6H2,(H,23,25,26). The lowest BCUT2D eigenvalue weighted by Crippen LogP contribution is -2.54. The Morgan fingerprint density at radius 3 is 2.29 bits per heavy atom. The highest BCUT2D eigenvalue weighted by Crippen LogP contribution is 2.52. The molecule has 28 heavy (non-hydrogen) atoms. The molecule has 7 nitrogen and oxygen atoms in total. The van der Waals surface area contributed by atoms with Crippen LogP contribution in [0.3, 0.4) is 0 Å². The van der Waals surface area contributed by atoms with Crippen LogP contribution in [0.25, 0.3) is 0 Å². The van der Waals surface area contributed by atoms with E-state index in [0.717, 1.165) is 6.42 Å². The Balaban J connectivity index is 1.60. The summed E-state index contributed by atoms with van der Waals surface area (Å²) in [6.45, 7) is 1.34. The van der Waals surface area contributed by atoms with E-state index in [1.54, 1.807) is 0 Å². The zero-order chi connectivity index (χ0) is 19.7. The first-order chi connectivity index (χ1) is 13.4. The molecule has 1 aliphatic carbocycles. The molecule has 5 rings (SSSR count). The van der Waals surface area contributed by atoms with Gasteiger partial charge in [-0.3, -0.25) is 29.4 Å². The summed E-state index contributed by atoms with van der Waals surface area (Å²) >= 11 is 0. The van der Waals surface area contributed by atoms with E-state index < -0.39 is 46.9 Å². The monoisotopic (exact) mass is 389 g/mol. The Morgan fingerprint density at radius 2 is 1.64 bits per heavy atom. The molecule has 0 aromatic heterocycles. The van der Waals surface area contributed by atoms with Gasteiger partial charge >= 0.3 is 0 Å². The number of amides is 4. The van der Waals surface area contributed by atoms with E-state index in [0.29, 0.717) is 24.1 Å². The van der Waals surface area contributed by atoms with E-state index >= 15 is 0 Å². The molecule has 2 N–H and O–H groups in total. The molecular formula is C19H17F2N3O4. The largest absolute Gasteiger partial charge is 0.316 e. The Kier molecular flexibility index (Phi) is 3.67. The van der Waals surface area contributed by atoms with Crippen LogP contribution in [0, 0.1) is 23.5 Å². The third-order valence-electron chi connectivity index (χ3n) is 6.42. The molecule has 4 amide bonds. The van der Waals surface area contributed by atoms with Crippen LogP contribution in [0.4, 0.5) is 8.78 Å². The van der Waals surface area contributed by atoms with Gasteiger partial charge in [0.25, 0.3) is 11.8 Å². The predicted molar refractivity (Wildman–Crippen MR) is 90.2 cm³/mol. The van der Waals surface area contributed by atoms with Gasteiger partial charge in [-0.05, 0) is 43.7 Å². The average Bonchev–Trinajstić information content (AvgIpc) is 2.90. The van der Waals surface area contributed by atoms with Gasteiger partial charge in [0, 0.05) is 18.1 Å². The van der Waals surface area contributed by atoms with Crippen molar-refractivity contribution in [2.24, 2.45) is 11.8 Å². The predicted octanol–water partition coefficient (Wildman–Crippen LogP) is 0.689. The number of hydrogen-bond donors (Lipinski definition) is 2. The van der Waals surface area contributed by atoms with Crippen LogP contribution in [0.15, 0.2) is 6.07 Å². The maximum Gasteiger partial charge on any atom is 0.265 e. The van der Waals surface area contributed by atoms with E-state index in [2.05, 4.69) is 10.6 Å². The SMILES string of the molecule is O=C1CCC(N2C(=O)c3c(F)cc(F)c(C4C5CNCC4C5)c3C2=O)C(=O)N1. The molecule has 3 atom stereocenters. The summed E-state index contributed by atoms with van der Waals surface area (Å²) in [5.41, 5.74) is -0.634. The molecule has 3 fully saturated rings. The van der Waals surface area contributed by atoms with Gasteiger partial charge in [-0.2, -0.15) is 0 Å². The normalized spacial score (nSPS) is 31.6. The summed E-state index contributed by atoms with van der Waals surface area (Å²) in [6.07, 6.45) is 0.822. The van der Waals surface area contributed by atoms with E-state index in [1.165, 1.54) is 0 Å². The van der Waals surface area contributed by atoms with E-state index in [-0.39, 0.29) is 41.7 Å². The Morgan fingerprint density at radius 1 is 0.964 bits per heavy atom. The molecular weight excluding hydrogens is 372 g/mol. The fourth-order valence-corrected chi connectivity index (χ4v) is 5.15. The molecule has 0 radical (unpaired) electrons. The van der Waals surface area contributed by atoms with Crippen molar-refractivity contribution in [3.05, 3.63) is 34.4 Å². The summed E-state index contributed by atoms with van der Waals surface area (Å²) in [4.78, 5) is 50.2. The maximum atomic E-state index is 14.8. The van der Waals surface area contributed by atoms with E-state index in [9.17, 15) is 28.0 Å². The van der Waals surface area contributed by atoms with Crippen molar-refractivity contribution in [3.63, 3.8) is 0 Å². The molecule has 2 bridgehead atoms. The van der Waals surface area contributed by atoms with Crippen LogP contribution < -0.4 is 10.6 Å². The van der Waals surface area contributed by atoms with E-state index in [4.69, 9.17) is 0 Å². The Hall–Kier alpha value is -2.68. The number of fused-ring (bicyclic) bond motifs is 3. The second kappa shape index (κ2) is 5.91. The van der Waals surface area contributed by atoms with Crippen molar-refractivity contribution in [2.45, 2.75) is 31.2 Å². The smallest absolute Gasteiger partial charge is 0.265 e. The summed E-state index contributed by atoms with van der Waals surface area (Å²) in [7, 11) is 0. The van der Waals surface area contributed by atoms with Gasteiger partial charge in [0.2, 0.25) is 11.8 Å². The maximum absolute atomic E-state index is 14.8. The number of piperidine rings is 3. The Labute approximate surface area is 158 Å². The van der Waals surface area contributed by atoms with Gasteiger partial charge in [0.1, 0.15) is 17.7 Å². The third kappa shape index (κ3) is 2.22. The van der Waals surface area contributed by atoms with Crippen molar-refractivity contribution >= 4 is 23.6 Å². The van der Waals surface area contributed by atoms with Gasteiger partial charge in [-0.15, -0.1) is 0 Å². The molecule has 0 spiro atoms. The molecule has 2 saturated heterocycles. The molecule has 1 aromatic rings. The topological polar surface area (TPSA) is 95.6 Å². The summed E-state index contributed by atoms with van der Waals surface area (Å²) < 4.78 is 29.3. The van der Waals surface area contributed by atoms with Gasteiger partial charge in [0.15, 0.2) is 0 Å². The molecule has 1 aromatic carbocycles. The van der Waals surface area contributed by atoms with Crippen LogP contribution >= 0.6 is 0 Å². The quantitative estimate of drug-likeness (QED) is 0.726. The van der Waals surface area contributed by atoms with Crippen molar-refractivity contribution in [1.82, 2.24) is 15.5 Å². The minimum Gasteiger partial charge on any atom is -0.316 e. The van der Waals surface area contributed by atoms with Gasteiger partial charge in [0.05, 0.1) is 11.1 Å². The van der Waals surface area contributed by atoms with Gasteiger partial charge < -0.3 is 5.32 Å². The number of hydrogen-bond acceptors (Lipinski definition) is 5. The number of carbonyl (C=O) groups excluding carboxylic acids is 4. The van der Waals surface area contributed by atoms with Crippen molar-refractivity contribution < 1.29 is 28.0 Å². The molecule has 9 heteroatoms. The third-order valence-corrected chi connectivity index (χ3v) is 6.42. The summed E-state index contributed by atoms with van der Waals surface area (Å²) in [5, 5.41) is 5.32. The first-order valence-electron chi connectivity index (χ1n) is 9.32. The first-order valence-corrected chi connectivity index (χ1v) is 9.32. The van der Waals surface area contributed by atoms with Crippen LogP contribution in [-0.4, -0.2) is 47.7 Å². The average molecular weight is 389 g/mol. The highest BCUT2D eigenvalue weighted by Gasteiger charge is 2.52. The fraction of sp³-hybridized carbons (Fsp3) is 0.474. The molecule has 3 aliphatic heterocycles. The van der Waals surface area contributed by atoms with E-state index in [1.807, 2.05) is 0 Å². The minimum absolute atomic E-state index is 0.0336. The molecule has 146 valence electrons. The molecule has 1 saturated carbocycles. The summed E-state index contributed by atoms with van der Waals surface area (Å²) in [6, 6.07) is -0.544. The lowest BCUT2D eigenvalue weighted by Gasteiger charge is -2.50. The number of carbonyl (C=O) groups is 4. The fourth-order valence-electron chi connectivity index (χ4n) is 5.15. The number of benzene rings is 1. The second-order valence-corrected chi connectivity index (χ2v) is 7.89. The number of halogens is 2. The second-order valence-electron chi connectivity index (χ2n) is 7.89. The molecule has 3 unspecified atom stereocenters. The van der Waals surface area contributed by atoms with Crippen molar-refractivity contribution in [3.8, 4) is 0 Å². The number of nitrogens with zero attached hydrogens (tertiary/aromatic N) is 1. The lowest BCUT2D eigenvalue weighted by atomic mass is 9.58. The number of imide groups is 2. The highest BCUT2D eigenvalue weighted by molar-refractivity contribution is 6.24. The first kappa shape index (κ1) is 17.4. The number of nitrogens with one attached hydrogen (secondary N) is 2.